The molecule has 1 aliphatic rings. The zero-order valence-corrected chi connectivity index (χ0v) is 11.2. The zero-order valence-electron chi connectivity index (χ0n) is 10.4. The number of nitriles is 1. The SMILES string of the molecule is N#CCN(C1CCCC1)S(=O)(=O)c1cccc(F)c1. The van der Waals surface area contributed by atoms with Crippen LogP contribution in [0.15, 0.2) is 29.2 Å². The Hall–Kier alpha value is -1.45. The third-order valence-corrected chi connectivity index (χ3v) is 5.26. The van der Waals surface area contributed by atoms with Gasteiger partial charge in [0.1, 0.15) is 12.4 Å². The van der Waals surface area contributed by atoms with E-state index in [0.717, 1.165) is 31.7 Å². The van der Waals surface area contributed by atoms with E-state index in [1.165, 1.54) is 22.5 Å². The molecule has 0 unspecified atom stereocenters. The van der Waals surface area contributed by atoms with Crippen LogP contribution in [0.3, 0.4) is 0 Å². The normalized spacial score (nSPS) is 16.7. The van der Waals surface area contributed by atoms with E-state index in [0.29, 0.717) is 0 Å². The number of hydrogen-bond donors (Lipinski definition) is 0. The third kappa shape index (κ3) is 2.94. The maximum Gasteiger partial charge on any atom is 0.244 e. The van der Waals surface area contributed by atoms with E-state index >= 15 is 0 Å². The van der Waals surface area contributed by atoms with Crippen LogP contribution in [0.5, 0.6) is 0 Å². The third-order valence-electron chi connectivity index (χ3n) is 3.36. The smallest absolute Gasteiger partial charge is 0.207 e. The van der Waals surface area contributed by atoms with Crippen molar-refractivity contribution in [2.45, 2.75) is 36.6 Å². The molecule has 0 saturated heterocycles. The molecule has 0 N–H and O–H groups in total. The lowest BCUT2D eigenvalue weighted by atomic mass is 10.2. The van der Waals surface area contributed by atoms with Crippen LogP contribution in [0.2, 0.25) is 0 Å². The molecule has 0 radical (unpaired) electrons. The van der Waals surface area contributed by atoms with E-state index in [-0.39, 0.29) is 17.5 Å². The zero-order chi connectivity index (χ0) is 13.9. The molecular weight excluding hydrogens is 267 g/mol. The Morgan fingerprint density at radius 3 is 2.63 bits per heavy atom. The van der Waals surface area contributed by atoms with Crippen LogP contribution < -0.4 is 0 Å². The van der Waals surface area contributed by atoms with Gasteiger partial charge in [0.25, 0.3) is 0 Å². The molecular formula is C13H15FN2O2S. The maximum absolute atomic E-state index is 13.2. The van der Waals surface area contributed by atoms with E-state index in [1.807, 2.05) is 6.07 Å². The average molecular weight is 282 g/mol. The number of sulfonamides is 1. The Labute approximate surface area is 112 Å². The van der Waals surface area contributed by atoms with Gasteiger partial charge in [-0.1, -0.05) is 18.9 Å². The molecule has 19 heavy (non-hydrogen) atoms. The van der Waals surface area contributed by atoms with Crippen molar-refractivity contribution < 1.29 is 12.8 Å². The monoisotopic (exact) mass is 282 g/mol. The van der Waals surface area contributed by atoms with Crippen LogP contribution in [0.4, 0.5) is 4.39 Å². The van der Waals surface area contributed by atoms with Gasteiger partial charge in [0, 0.05) is 6.04 Å². The molecule has 0 aliphatic heterocycles. The highest BCUT2D eigenvalue weighted by Gasteiger charge is 2.33. The number of hydrogen-bond acceptors (Lipinski definition) is 3. The van der Waals surface area contributed by atoms with Gasteiger partial charge in [-0.25, -0.2) is 12.8 Å². The number of rotatable bonds is 4. The van der Waals surface area contributed by atoms with Gasteiger partial charge in [-0.2, -0.15) is 9.57 Å². The highest BCUT2D eigenvalue weighted by molar-refractivity contribution is 7.89. The highest BCUT2D eigenvalue weighted by Crippen LogP contribution is 2.28. The van der Waals surface area contributed by atoms with Crippen molar-refractivity contribution in [3.8, 4) is 6.07 Å². The Balaban J connectivity index is 2.37. The summed E-state index contributed by atoms with van der Waals surface area (Å²) >= 11 is 0. The minimum absolute atomic E-state index is 0.0883. The second-order valence-electron chi connectivity index (χ2n) is 4.60. The molecule has 102 valence electrons. The molecule has 1 fully saturated rings. The predicted octanol–water partition coefficient (Wildman–Crippen LogP) is 2.28. The van der Waals surface area contributed by atoms with E-state index in [1.54, 1.807) is 0 Å². The fraction of sp³-hybridized carbons (Fsp3) is 0.462. The molecule has 0 atom stereocenters. The molecule has 2 rings (SSSR count). The van der Waals surface area contributed by atoms with Crippen LogP contribution in [0, 0.1) is 17.1 Å². The van der Waals surface area contributed by atoms with Gasteiger partial charge in [-0.3, -0.25) is 0 Å². The number of halogens is 1. The lowest BCUT2D eigenvalue weighted by Crippen LogP contribution is -2.39. The summed E-state index contributed by atoms with van der Waals surface area (Å²) in [4.78, 5) is -0.0883. The van der Waals surface area contributed by atoms with Crippen LogP contribution in [0.25, 0.3) is 0 Å². The molecule has 1 aromatic carbocycles. The molecule has 0 spiro atoms. The fourth-order valence-corrected chi connectivity index (χ4v) is 4.05. The van der Waals surface area contributed by atoms with E-state index in [2.05, 4.69) is 0 Å². The Morgan fingerprint density at radius 1 is 1.37 bits per heavy atom. The van der Waals surface area contributed by atoms with Gasteiger partial charge in [-0.15, -0.1) is 0 Å². The predicted molar refractivity (Wildman–Crippen MR) is 68.2 cm³/mol. The maximum atomic E-state index is 13.2. The van der Waals surface area contributed by atoms with E-state index < -0.39 is 15.8 Å². The van der Waals surface area contributed by atoms with Gasteiger partial charge in [-0.05, 0) is 31.0 Å². The molecule has 1 aliphatic carbocycles. The summed E-state index contributed by atoms with van der Waals surface area (Å²) in [5.41, 5.74) is 0. The van der Waals surface area contributed by atoms with Crippen molar-refractivity contribution in [1.29, 1.82) is 5.26 Å². The lowest BCUT2D eigenvalue weighted by Gasteiger charge is -2.25. The first kappa shape index (κ1) is 14.0. The van der Waals surface area contributed by atoms with Crippen molar-refractivity contribution in [2.75, 3.05) is 6.54 Å². The molecule has 1 saturated carbocycles. The van der Waals surface area contributed by atoms with Crippen molar-refractivity contribution in [1.82, 2.24) is 4.31 Å². The fourth-order valence-electron chi connectivity index (χ4n) is 2.44. The Kier molecular flexibility index (Phi) is 4.17. The number of benzene rings is 1. The Morgan fingerprint density at radius 2 is 2.05 bits per heavy atom. The second kappa shape index (κ2) is 5.68. The first-order valence-electron chi connectivity index (χ1n) is 6.20. The Bertz CT molecular complexity index is 589. The molecule has 4 nitrogen and oxygen atoms in total. The summed E-state index contributed by atoms with van der Waals surface area (Å²) in [6.07, 6.45) is 3.45. The minimum atomic E-state index is -3.80. The van der Waals surface area contributed by atoms with Gasteiger partial charge in [0.15, 0.2) is 0 Å². The molecule has 0 aromatic heterocycles. The standard InChI is InChI=1S/C13H15FN2O2S/c14-11-4-3-7-13(10-11)19(17,18)16(9-8-15)12-5-1-2-6-12/h3-4,7,10,12H,1-2,5-6,9H2. The topological polar surface area (TPSA) is 61.2 Å². The van der Waals surface area contributed by atoms with Gasteiger partial charge in [0.05, 0.1) is 11.0 Å². The summed E-state index contributed by atoms with van der Waals surface area (Å²) in [7, 11) is -3.80. The quantitative estimate of drug-likeness (QED) is 0.796. The lowest BCUT2D eigenvalue weighted by molar-refractivity contribution is 0.350. The minimum Gasteiger partial charge on any atom is -0.207 e. The van der Waals surface area contributed by atoms with Crippen LogP contribution in [-0.2, 0) is 10.0 Å². The van der Waals surface area contributed by atoms with Gasteiger partial charge < -0.3 is 0 Å². The van der Waals surface area contributed by atoms with Gasteiger partial charge >= 0.3 is 0 Å². The first-order valence-corrected chi connectivity index (χ1v) is 7.64. The summed E-state index contributed by atoms with van der Waals surface area (Å²) in [5.74, 6) is -0.593. The largest absolute Gasteiger partial charge is 0.244 e. The summed E-state index contributed by atoms with van der Waals surface area (Å²) in [5, 5.41) is 8.83. The van der Waals surface area contributed by atoms with Crippen LogP contribution >= 0.6 is 0 Å². The highest BCUT2D eigenvalue weighted by atomic mass is 32.2. The van der Waals surface area contributed by atoms with E-state index in [4.69, 9.17) is 5.26 Å². The molecule has 0 heterocycles. The molecule has 1 aromatic rings. The van der Waals surface area contributed by atoms with Crippen molar-refractivity contribution in [3.63, 3.8) is 0 Å². The first-order chi connectivity index (χ1) is 9.05. The van der Waals surface area contributed by atoms with Crippen molar-refractivity contribution in [3.05, 3.63) is 30.1 Å². The molecule has 0 amide bonds. The van der Waals surface area contributed by atoms with Crippen molar-refractivity contribution in [2.24, 2.45) is 0 Å². The summed E-state index contributed by atoms with van der Waals surface area (Å²) < 4.78 is 39.3. The molecule has 6 heteroatoms. The second-order valence-corrected chi connectivity index (χ2v) is 6.49. The van der Waals surface area contributed by atoms with Crippen molar-refractivity contribution >= 4 is 10.0 Å². The summed E-state index contributed by atoms with van der Waals surface area (Å²) in [6.45, 7) is -0.191. The average Bonchev–Trinajstić information content (AvgIpc) is 2.89. The van der Waals surface area contributed by atoms with Crippen LogP contribution in [-0.4, -0.2) is 25.3 Å². The van der Waals surface area contributed by atoms with Gasteiger partial charge in [0.2, 0.25) is 10.0 Å². The van der Waals surface area contributed by atoms with Crippen LogP contribution in [0.1, 0.15) is 25.7 Å². The molecule has 0 bridgehead atoms. The number of nitrogens with zero attached hydrogens (tertiary/aromatic N) is 2. The van der Waals surface area contributed by atoms with E-state index in [9.17, 15) is 12.8 Å². The summed E-state index contributed by atoms with van der Waals surface area (Å²) in [6, 6.07) is 6.66.